The second-order valence-electron chi connectivity index (χ2n) is 8.40. The van der Waals surface area contributed by atoms with Crippen molar-refractivity contribution in [1.82, 2.24) is 20.4 Å². The van der Waals surface area contributed by atoms with Gasteiger partial charge in [-0.05, 0) is 29.7 Å². The van der Waals surface area contributed by atoms with Crippen molar-refractivity contribution in [2.75, 3.05) is 39.3 Å². The third kappa shape index (κ3) is 9.24. The lowest BCUT2D eigenvalue weighted by Crippen LogP contribution is -2.45. The summed E-state index contributed by atoms with van der Waals surface area (Å²) >= 11 is 0. The maximum Gasteiger partial charge on any atom is 0.407 e. The molecule has 0 atom stereocenters. The predicted molar refractivity (Wildman–Crippen MR) is 130 cm³/mol. The predicted octanol–water partition coefficient (Wildman–Crippen LogP) is 3.15. The molecule has 7 nitrogen and oxygen atoms in total. The average molecular weight is 453 g/mol. The summed E-state index contributed by atoms with van der Waals surface area (Å²) in [5, 5.41) is 5.63. The minimum absolute atomic E-state index is 0.0210. The van der Waals surface area contributed by atoms with Gasteiger partial charge in [0.15, 0.2) is 0 Å². The number of ether oxygens (including phenoxy) is 1. The molecule has 0 bridgehead atoms. The Balaban J connectivity index is 1.25. The molecule has 1 saturated heterocycles. The number of benzene rings is 2. The fraction of sp³-hybridized carbons (Fsp3) is 0.462. The SMILES string of the molecule is CCN1CCN(Cc2ccc(CNC(=O)CCCNC(=O)OCc3ccccc3)cc2)CC1. The van der Waals surface area contributed by atoms with Crippen LogP contribution in [0.1, 0.15) is 36.5 Å². The zero-order valence-corrected chi connectivity index (χ0v) is 19.6. The summed E-state index contributed by atoms with van der Waals surface area (Å²) in [6, 6.07) is 18.0. The molecule has 1 aliphatic heterocycles. The first-order valence-electron chi connectivity index (χ1n) is 11.9. The topological polar surface area (TPSA) is 73.9 Å². The van der Waals surface area contributed by atoms with Crippen molar-refractivity contribution in [3.05, 3.63) is 71.3 Å². The maximum atomic E-state index is 12.1. The van der Waals surface area contributed by atoms with E-state index in [9.17, 15) is 9.59 Å². The highest BCUT2D eigenvalue weighted by Gasteiger charge is 2.15. The first kappa shape index (κ1) is 24.7. The molecule has 0 unspecified atom stereocenters. The smallest absolute Gasteiger partial charge is 0.407 e. The van der Waals surface area contributed by atoms with Crippen molar-refractivity contribution in [2.24, 2.45) is 0 Å². The molecule has 178 valence electrons. The van der Waals surface area contributed by atoms with Gasteiger partial charge in [0.25, 0.3) is 0 Å². The summed E-state index contributed by atoms with van der Waals surface area (Å²) in [4.78, 5) is 28.8. The fourth-order valence-corrected chi connectivity index (χ4v) is 3.79. The Labute approximate surface area is 197 Å². The zero-order chi connectivity index (χ0) is 23.3. The van der Waals surface area contributed by atoms with E-state index in [0.717, 1.165) is 50.4 Å². The molecule has 0 saturated carbocycles. The van der Waals surface area contributed by atoms with E-state index in [1.54, 1.807) is 0 Å². The van der Waals surface area contributed by atoms with Crippen LogP contribution in [-0.2, 0) is 29.2 Å². The number of amides is 2. The molecule has 0 aromatic heterocycles. The zero-order valence-electron chi connectivity index (χ0n) is 19.6. The molecule has 0 spiro atoms. The summed E-state index contributed by atoms with van der Waals surface area (Å²) in [7, 11) is 0. The van der Waals surface area contributed by atoms with E-state index in [1.807, 2.05) is 30.3 Å². The Morgan fingerprint density at radius 3 is 2.21 bits per heavy atom. The van der Waals surface area contributed by atoms with Gasteiger partial charge < -0.3 is 20.3 Å². The summed E-state index contributed by atoms with van der Waals surface area (Å²) in [5.41, 5.74) is 3.33. The fourth-order valence-electron chi connectivity index (χ4n) is 3.79. The van der Waals surface area contributed by atoms with Crippen LogP contribution in [0, 0.1) is 0 Å². The quantitative estimate of drug-likeness (QED) is 0.513. The number of rotatable bonds is 11. The highest BCUT2D eigenvalue weighted by atomic mass is 16.5. The molecule has 2 aromatic rings. The largest absolute Gasteiger partial charge is 0.445 e. The van der Waals surface area contributed by atoms with Crippen LogP contribution in [0.15, 0.2) is 54.6 Å². The van der Waals surface area contributed by atoms with Gasteiger partial charge in [0.2, 0.25) is 5.91 Å². The van der Waals surface area contributed by atoms with Gasteiger partial charge in [0, 0.05) is 52.2 Å². The van der Waals surface area contributed by atoms with Crippen LogP contribution in [0.5, 0.6) is 0 Å². The van der Waals surface area contributed by atoms with Crippen molar-refractivity contribution in [1.29, 1.82) is 0 Å². The van der Waals surface area contributed by atoms with E-state index in [-0.39, 0.29) is 12.5 Å². The summed E-state index contributed by atoms with van der Waals surface area (Å²) in [6.07, 6.45) is 0.462. The molecule has 33 heavy (non-hydrogen) atoms. The molecular weight excluding hydrogens is 416 g/mol. The third-order valence-corrected chi connectivity index (χ3v) is 5.89. The van der Waals surface area contributed by atoms with Crippen LogP contribution < -0.4 is 10.6 Å². The van der Waals surface area contributed by atoms with Gasteiger partial charge >= 0.3 is 6.09 Å². The van der Waals surface area contributed by atoms with Gasteiger partial charge in [-0.1, -0.05) is 61.5 Å². The Morgan fingerprint density at radius 2 is 1.52 bits per heavy atom. The van der Waals surface area contributed by atoms with Crippen LogP contribution in [-0.4, -0.2) is 61.1 Å². The number of nitrogens with one attached hydrogen (secondary N) is 2. The number of nitrogens with zero attached hydrogens (tertiary/aromatic N) is 2. The molecule has 3 rings (SSSR count). The summed E-state index contributed by atoms with van der Waals surface area (Å²) < 4.78 is 5.15. The number of likely N-dealkylation sites (N-methyl/N-ethyl adjacent to an activating group) is 1. The first-order chi connectivity index (χ1) is 16.1. The van der Waals surface area contributed by atoms with Crippen molar-refractivity contribution >= 4 is 12.0 Å². The minimum Gasteiger partial charge on any atom is -0.445 e. The highest BCUT2D eigenvalue weighted by Crippen LogP contribution is 2.10. The second-order valence-corrected chi connectivity index (χ2v) is 8.40. The van der Waals surface area contributed by atoms with Gasteiger partial charge in [0.1, 0.15) is 6.61 Å². The summed E-state index contributed by atoms with van der Waals surface area (Å²) in [6.45, 7) is 10.0. The Morgan fingerprint density at radius 1 is 0.848 bits per heavy atom. The van der Waals surface area contributed by atoms with E-state index in [2.05, 4.69) is 51.6 Å². The van der Waals surface area contributed by atoms with Crippen molar-refractivity contribution in [3.8, 4) is 0 Å². The summed E-state index contributed by atoms with van der Waals surface area (Å²) in [5.74, 6) is -0.0210. The Hall–Kier alpha value is -2.90. The lowest BCUT2D eigenvalue weighted by atomic mass is 10.1. The number of hydrogen-bond acceptors (Lipinski definition) is 5. The number of carbonyl (C=O) groups excluding carboxylic acids is 2. The van der Waals surface area contributed by atoms with Crippen LogP contribution in [0.2, 0.25) is 0 Å². The molecule has 2 N–H and O–H groups in total. The van der Waals surface area contributed by atoms with Crippen LogP contribution >= 0.6 is 0 Å². The molecule has 2 aromatic carbocycles. The van der Waals surface area contributed by atoms with Gasteiger partial charge in [-0.2, -0.15) is 0 Å². The van der Waals surface area contributed by atoms with Gasteiger partial charge in [-0.15, -0.1) is 0 Å². The van der Waals surface area contributed by atoms with Crippen molar-refractivity contribution in [2.45, 2.75) is 39.5 Å². The molecule has 1 aliphatic rings. The Kier molecular flexibility index (Phi) is 10.2. The van der Waals surface area contributed by atoms with Crippen LogP contribution in [0.4, 0.5) is 4.79 Å². The normalized spacial score (nSPS) is 14.6. The standard InChI is InChI=1S/C26H36N4O3/c1-2-29-15-17-30(18-16-29)20-23-12-10-22(11-13-23)19-28-25(31)9-6-14-27-26(32)33-21-24-7-4-3-5-8-24/h3-5,7-8,10-13H,2,6,9,14-21H2,1H3,(H,27,32)(H,28,31). The van der Waals surface area contributed by atoms with Gasteiger partial charge in [0.05, 0.1) is 0 Å². The van der Waals surface area contributed by atoms with E-state index < -0.39 is 6.09 Å². The molecule has 2 amide bonds. The maximum absolute atomic E-state index is 12.1. The van der Waals surface area contributed by atoms with Crippen molar-refractivity contribution in [3.63, 3.8) is 0 Å². The van der Waals surface area contributed by atoms with Crippen molar-refractivity contribution < 1.29 is 14.3 Å². The van der Waals surface area contributed by atoms with Crippen LogP contribution in [0.25, 0.3) is 0 Å². The number of alkyl carbamates (subject to hydrolysis) is 1. The lowest BCUT2D eigenvalue weighted by molar-refractivity contribution is -0.121. The molecule has 0 aliphatic carbocycles. The second kappa shape index (κ2) is 13.6. The number of hydrogen-bond donors (Lipinski definition) is 2. The molecule has 7 heteroatoms. The van der Waals surface area contributed by atoms with Gasteiger partial charge in [-0.3, -0.25) is 9.69 Å². The minimum atomic E-state index is -0.466. The first-order valence-corrected chi connectivity index (χ1v) is 11.9. The number of piperazine rings is 1. The molecular formula is C26H36N4O3. The molecule has 0 radical (unpaired) electrons. The van der Waals surface area contributed by atoms with E-state index in [0.29, 0.717) is 25.9 Å². The lowest BCUT2D eigenvalue weighted by Gasteiger charge is -2.34. The van der Waals surface area contributed by atoms with Gasteiger partial charge in [-0.25, -0.2) is 4.79 Å². The monoisotopic (exact) mass is 452 g/mol. The third-order valence-electron chi connectivity index (χ3n) is 5.89. The van der Waals surface area contributed by atoms with E-state index in [1.165, 1.54) is 5.56 Å². The molecule has 1 heterocycles. The average Bonchev–Trinajstić information content (AvgIpc) is 2.86. The van der Waals surface area contributed by atoms with E-state index >= 15 is 0 Å². The molecule has 1 fully saturated rings. The Bertz CT molecular complexity index is 850. The van der Waals surface area contributed by atoms with Crippen LogP contribution in [0.3, 0.4) is 0 Å². The highest BCUT2D eigenvalue weighted by molar-refractivity contribution is 5.76. The van der Waals surface area contributed by atoms with E-state index in [4.69, 9.17) is 4.74 Å². The number of carbonyl (C=O) groups is 2.